The number of rotatable bonds is 7. The van der Waals surface area contributed by atoms with E-state index >= 15 is 0 Å². The van der Waals surface area contributed by atoms with Crippen LogP contribution in [0.4, 0.5) is 0 Å². The number of para-hydroxylation sites is 1. The SMILES string of the molecule is COc1ccccc1CNC(=O)c1cccc(OCc2cn3ccccc3n2)c1. The molecule has 0 fully saturated rings. The largest absolute Gasteiger partial charge is 0.496 e. The number of methoxy groups -OCH3 is 1. The zero-order valence-corrected chi connectivity index (χ0v) is 16.0. The third-order valence-electron chi connectivity index (χ3n) is 4.53. The number of hydrogen-bond donors (Lipinski definition) is 1. The Balaban J connectivity index is 1.39. The summed E-state index contributed by atoms with van der Waals surface area (Å²) in [6.07, 6.45) is 3.87. The molecule has 0 saturated carbocycles. The smallest absolute Gasteiger partial charge is 0.251 e. The monoisotopic (exact) mass is 387 g/mol. The number of nitrogens with zero attached hydrogens (tertiary/aromatic N) is 2. The summed E-state index contributed by atoms with van der Waals surface area (Å²) in [5, 5.41) is 2.92. The van der Waals surface area contributed by atoms with E-state index in [1.54, 1.807) is 25.3 Å². The van der Waals surface area contributed by atoms with Crippen molar-refractivity contribution in [2.24, 2.45) is 0 Å². The van der Waals surface area contributed by atoms with E-state index in [0.29, 0.717) is 24.5 Å². The number of amides is 1. The molecule has 0 bridgehead atoms. The van der Waals surface area contributed by atoms with Gasteiger partial charge in [-0.05, 0) is 36.4 Å². The van der Waals surface area contributed by atoms with Crippen LogP contribution in [0.15, 0.2) is 79.1 Å². The Morgan fingerprint density at radius 3 is 2.79 bits per heavy atom. The Morgan fingerprint density at radius 2 is 1.93 bits per heavy atom. The zero-order chi connectivity index (χ0) is 20.1. The topological polar surface area (TPSA) is 64.9 Å². The van der Waals surface area contributed by atoms with E-state index in [2.05, 4.69) is 10.3 Å². The molecule has 2 aromatic carbocycles. The lowest BCUT2D eigenvalue weighted by atomic mass is 10.1. The average Bonchev–Trinajstić information content (AvgIpc) is 3.19. The van der Waals surface area contributed by atoms with Crippen LogP contribution >= 0.6 is 0 Å². The van der Waals surface area contributed by atoms with Gasteiger partial charge in [0.05, 0.1) is 12.8 Å². The first-order valence-corrected chi connectivity index (χ1v) is 9.28. The normalized spacial score (nSPS) is 10.7. The van der Waals surface area contributed by atoms with E-state index in [0.717, 1.165) is 22.7 Å². The van der Waals surface area contributed by atoms with Crippen LogP contribution in [0.25, 0.3) is 5.65 Å². The quantitative estimate of drug-likeness (QED) is 0.523. The van der Waals surface area contributed by atoms with Gasteiger partial charge in [0.2, 0.25) is 0 Å². The number of aromatic nitrogens is 2. The molecule has 0 aliphatic rings. The Bertz CT molecular complexity index is 1100. The van der Waals surface area contributed by atoms with Gasteiger partial charge in [-0.1, -0.05) is 30.3 Å². The molecule has 0 radical (unpaired) electrons. The Kier molecular flexibility index (Phi) is 5.42. The molecular weight excluding hydrogens is 366 g/mol. The predicted octanol–water partition coefficient (Wildman–Crippen LogP) is 3.85. The number of nitrogens with one attached hydrogen (secondary N) is 1. The highest BCUT2D eigenvalue weighted by atomic mass is 16.5. The summed E-state index contributed by atoms with van der Waals surface area (Å²) < 4.78 is 13.1. The Hall–Kier alpha value is -3.80. The first-order chi connectivity index (χ1) is 14.2. The van der Waals surface area contributed by atoms with E-state index in [9.17, 15) is 4.79 Å². The van der Waals surface area contributed by atoms with Crippen LogP contribution < -0.4 is 14.8 Å². The highest BCUT2D eigenvalue weighted by molar-refractivity contribution is 5.94. The second kappa shape index (κ2) is 8.48. The number of ether oxygens (including phenoxy) is 2. The molecule has 0 spiro atoms. The lowest BCUT2D eigenvalue weighted by molar-refractivity contribution is 0.0950. The summed E-state index contributed by atoms with van der Waals surface area (Å²) in [6, 6.07) is 20.6. The van der Waals surface area contributed by atoms with Crippen molar-refractivity contribution in [3.8, 4) is 11.5 Å². The summed E-state index contributed by atoms with van der Waals surface area (Å²) in [5.41, 5.74) is 3.15. The lowest BCUT2D eigenvalue weighted by Crippen LogP contribution is -2.23. The van der Waals surface area contributed by atoms with Crippen molar-refractivity contribution < 1.29 is 14.3 Å². The minimum absolute atomic E-state index is 0.172. The van der Waals surface area contributed by atoms with E-state index < -0.39 is 0 Å². The van der Waals surface area contributed by atoms with Crippen molar-refractivity contribution in [1.29, 1.82) is 0 Å². The number of carbonyl (C=O) groups is 1. The van der Waals surface area contributed by atoms with Crippen molar-refractivity contribution in [1.82, 2.24) is 14.7 Å². The van der Waals surface area contributed by atoms with E-state index in [1.165, 1.54) is 0 Å². The molecule has 1 N–H and O–H groups in total. The predicted molar refractivity (Wildman–Crippen MR) is 110 cm³/mol. The standard InChI is InChI=1S/C23H21N3O3/c1-28-21-10-3-2-7-18(21)14-24-23(27)17-8-6-9-20(13-17)29-16-19-15-26-12-5-4-11-22(26)25-19/h2-13,15H,14,16H2,1H3,(H,24,27). The second-order valence-corrected chi connectivity index (χ2v) is 6.51. The molecule has 29 heavy (non-hydrogen) atoms. The Labute approximate surface area is 168 Å². The number of imidazole rings is 1. The van der Waals surface area contributed by atoms with Gasteiger partial charge in [0.15, 0.2) is 0 Å². The van der Waals surface area contributed by atoms with Gasteiger partial charge in [0, 0.05) is 30.1 Å². The molecule has 0 atom stereocenters. The lowest BCUT2D eigenvalue weighted by Gasteiger charge is -2.10. The molecule has 6 nitrogen and oxygen atoms in total. The highest BCUT2D eigenvalue weighted by Gasteiger charge is 2.09. The summed E-state index contributed by atoms with van der Waals surface area (Å²) in [4.78, 5) is 17.0. The van der Waals surface area contributed by atoms with Gasteiger partial charge < -0.3 is 19.2 Å². The van der Waals surface area contributed by atoms with Crippen molar-refractivity contribution >= 4 is 11.6 Å². The number of pyridine rings is 1. The molecule has 6 heteroatoms. The highest BCUT2D eigenvalue weighted by Crippen LogP contribution is 2.18. The van der Waals surface area contributed by atoms with E-state index in [-0.39, 0.29) is 5.91 Å². The van der Waals surface area contributed by atoms with Crippen LogP contribution in [0.2, 0.25) is 0 Å². The summed E-state index contributed by atoms with van der Waals surface area (Å²) in [6.45, 7) is 0.711. The molecule has 4 rings (SSSR count). The van der Waals surface area contributed by atoms with Gasteiger partial charge in [0.25, 0.3) is 5.91 Å². The molecule has 1 amide bonds. The molecule has 0 aliphatic heterocycles. The number of carbonyl (C=O) groups excluding carboxylic acids is 1. The second-order valence-electron chi connectivity index (χ2n) is 6.51. The van der Waals surface area contributed by atoms with Gasteiger partial charge >= 0.3 is 0 Å². The third kappa shape index (κ3) is 4.38. The van der Waals surface area contributed by atoms with Gasteiger partial charge in [0.1, 0.15) is 23.8 Å². The van der Waals surface area contributed by atoms with Gasteiger partial charge in [-0.25, -0.2) is 4.98 Å². The maximum atomic E-state index is 12.5. The number of fused-ring (bicyclic) bond motifs is 1. The van der Waals surface area contributed by atoms with Crippen LogP contribution in [0.5, 0.6) is 11.5 Å². The first-order valence-electron chi connectivity index (χ1n) is 9.28. The molecule has 0 saturated heterocycles. The molecule has 0 unspecified atom stereocenters. The van der Waals surface area contributed by atoms with Crippen molar-refractivity contribution in [2.75, 3.05) is 7.11 Å². The molecule has 0 aliphatic carbocycles. The summed E-state index contributed by atoms with van der Waals surface area (Å²) in [7, 11) is 1.62. The molecule has 146 valence electrons. The molecule has 2 aromatic heterocycles. The van der Waals surface area contributed by atoms with E-state index in [1.807, 2.05) is 65.3 Å². The van der Waals surface area contributed by atoms with Crippen LogP contribution in [-0.4, -0.2) is 22.4 Å². The zero-order valence-electron chi connectivity index (χ0n) is 16.0. The first kappa shape index (κ1) is 18.6. The fourth-order valence-electron chi connectivity index (χ4n) is 3.07. The van der Waals surface area contributed by atoms with Crippen molar-refractivity contribution in [3.05, 3.63) is 95.9 Å². The van der Waals surface area contributed by atoms with Gasteiger partial charge in [-0.2, -0.15) is 0 Å². The van der Waals surface area contributed by atoms with Gasteiger partial charge in [-0.15, -0.1) is 0 Å². The summed E-state index contributed by atoms with van der Waals surface area (Å²) in [5.74, 6) is 1.19. The van der Waals surface area contributed by atoms with Crippen LogP contribution in [0.1, 0.15) is 21.6 Å². The molecule has 4 aromatic rings. The minimum Gasteiger partial charge on any atom is -0.496 e. The third-order valence-corrected chi connectivity index (χ3v) is 4.53. The maximum absolute atomic E-state index is 12.5. The average molecular weight is 387 g/mol. The molecular formula is C23H21N3O3. The molecule has 2 heterocycles. The van der Waals surface area contributed by atoms with Gasteiger partial charge in [-0.3, -0.25) is 4.79 Å². The summed E-state index contributed by atoms with van der Waals surface area (Å²) >= 11 is 0. The Morgan fingerprint density at radius 1 is 1.07 bits per heavy atom. The van der Waals surface area contributed by atoms with Crippen LogP contribution in [0.3, 0.4) is 0 Å². The van der Waals surface area contributed by atoms with Crippen molar-refractivity contribution in [2.45, 2.75) is 13.2 Å². The van der Waals surface area contributed by atoms with Crippen LogP contribution in [-0.2, 0) is 13.2 Å². The number of hydrogen-bond acceptors (Lipinski definition) is 4. The van der Waals surface area contributed by atoms with Crippen LogP contribution in [0, 0.1) is 0 Å². The number of benzene rings is 2. The van der Waals surface area contributed by atoms with E-state index in [4.69, 9.17) is 9.47 Å². The van der Waals surface area contributed by atoms with Crippen molar-refractivity contribution in [3.63, 3.8) is 0 Å². The fraction of sp³-hybridized carbons (Fsp3) is 0.130. The maximum Gasteiger partial charge on any atom is 0.251 e. The fourth-order valence-corrected chi connectivity index (χ4v) is 3.07. The minimum atomic E-state index is -0.172.